The molecular formula is C14H21N3O. The summed E-state index contributed by atoms with van der Waals surface area (Å²) in [4.78, 5) is 2.72. The van der Waals surface area contributed by atoms with Gasteiger partial charge in [-0.1, -0.05) is 38.0 Å². The highest BCUT2D eigenvalue weighted by atomic mass is 16.5. The van der Waals surface area contributed by atoms with Gasteiger partial charge in [-0.05, 0) is 41.5 Å². The molecule has 0 amide bonds. The Morgan fingerprint density at radius 2 is 2.06 bits per heavy atom. The molecule has 98 valence electrons. The third-order valence-corrected chi connectivity index (χ3v) is 2.67. The first-order valence-corrected chi connectivity index (χ1v) is 6.20. The lowest BCUT2D eigenvalue weighted by molar-refractivity contribution is 0.304. The molecule has 0 heterocycles. The van der Waals surface area contributed by atoms with E-state index >= 15 is 0 Å². The Morgan fingerprint density at radius 3 is 2.67 bits per heavy atom. The number of benzene rings is 1. The van der Waals surface area contributed by atoms with Crippen molar-refractivity contribution in [2.45, 2.75) is 39.5 Å². The molecule has 1 rings (SSSR count). The molecule has 0 radical (unpaired) electrons. The quantitative estimate of drug-likeness (QED) is 0.330. The molecule has 4 nitrogen and oxygen atoms in total. The van der Waals surface area contributed by atoms with Crippen LogP contribution in [-0.4, -0.2) is 13.2 Å². The second-order valence-corrected chi connectivity index (χ2v) is 5.41. The molecule has 0 aromatic heterocycles. The highest BCUT2D eigenvalue weighted by Gasteiger charge is 2.18. The Morgan fingerprint density at radius 1 is 1.33 bits per heavy atom. The van der Waals surface area contributed by atoms with E-state index in [0.717, 1.165) is 12.2 Å². The average molecular weight is 247 g/mol. The van der Waals surface area contributed by atoms with Crippen molar-refractivity contribution in [1.82, 2.24) is 0 Å². The summed E-state index contributed by atoms with van der Waals surface area (Å²) in [5, 5.41) is 3.49. The molecule has 0 saturated carbocycles. The fourth-order valence-corrected chi connectivity index (χ4v) is 1.73. The van der Waals surface area contributed by atoms with Gasteiger partial charge in [-0.3, -0.25) is 0 Å². The van der Waals surface area contributed by atoms with Crippen molar-refractivity contribution in [3.8, 4) is 5.75 Å². The van der Waals surface area contributed by atoms with Gasteiger partial charge in [0.05, 0.1) is 6.61 Å². The second-order valence-electron chi connectivity index (χ2n) is 5.41. The van der Waals surface area contributed by atoms with Gasteiger partial charge in [0.15, 0.2) is 0 Å². The van der Waals surface area contributed by atoms with Crippen molar-refractivity contribution in [2.75, 3.05) is 13.2 Å². The number of hydrogen-bond donors (Lipinski definition) is 0. The summed E-state index contributed by atoms with van der Waals surface area (Å²) < 4.78 is 5.81. The van der Waals surface area contributed by atoms with E-state index in [-0.39, 0.29) is 5.41 Å². The highest BCUT2D eigenvalue weighted by Crippen LogP contribution is 2.32. The molecule has 1 aromatic carbocycles. The third-order valence-electron chi connectivity index (χ3n) is 2.67. The van der Waals surface area contributed by atoms with Gasteiger partial charge < -0.3 is 4.74 Å². The maximum absolute atomic E-state index is 8.19. The maximum Gasteiger partial charge on any atom is 0.123 e. The molecule has 0 unspecified atom stereocenters. The number of nitrogens with zero attached hydrogens (tertiary/aromatic N) is 3. The van der Waals surface area contributed by atoms with Crippen LogP contribution in [0.3, 0.4) is 0 Å². The van der Waals surface area contributed by atoms with Crippen LogP contribution in [0.4, 0.5) is 0 Å². The first-order valence-electron chi connectivity index (χ1n) is 6.20. The Balaban J connectivity index is 2.74. The largest absolute Gasteiger partial charge is 0.493 e. The number of hydrogen-bond acceptors (Lipinski definition) is 2. The molecule has 4 heteroatoms. The number of rotatable bonds is 5. The minimum absolute atomic E-state index is 0.0633. The van der Waals surface area contributed by atoms with Crippen LogP contribution in [0, 0.1) is 6.92 Å². The van der Waals surface area contributed by atoms with E-state index in [4.69, 9.17) is 10.3 Å². The summed E-state index contributed by atoms with van der Waals surface area (Å²) in [5.41, 5.74) is 10.6. The van der Waals surface area contributed by atoms with Gasteiger partial charge >= 0.3 is 0 Å². The second kappa shape index (κ2) is 6.31. The average Bonchev–Trinajstić information content (AvgIpc) is 2.27. The summed E-state index contributed by atoms with van der Waals surface area (Å²) in [5.74, 6) is 0.934. The molecule has 0 N–H and O–H groups in total. The molecule has 0 fully saturated rings. The van der Waals surface area contributed by atoms with E-state index in [0.29, 0.717) is 13.2 Å². The van der Waals surface area contributed by atoms with E-state index in [1.165, 1.54) is 11.1 Å². The molecule has 0 bridgehead atoms. The van der Waals surface area contributed by atoms with E-state index in [1.807, 2.05) is 0 Å². The maximum atomic E-state index is 8.19. The molecule has 0 spiro atoms. The summed E-state index contributed by atoms with van der Waals surface area (Å²) in [7, 11) is 0. The Kier molecular flexibility index (Phi) is 5.05. The molecule has 1 aromatic rings. The fraction of sp³-hybridized carbons (Fsp3) is 0.571. The zero-order chi connectivity index (χ0) is 13.6. The van der Waals surface area contributed by atoms with Gasteiger partial charge in [-0.25, -0.2) is 0 Å². The van der Waals surface area contributed by atoms with Gasteiger partial charge in [0.25, 0.3) is 0 Å². The summed E-state index contributed by atoms with van der Waals surface area (Å²) >= 11 is 0. The van der Waals surface area contributed by atoms with E-state index < -0.39 is 0 Å². The lowest BCUT2D eigenvalue weighted by Gasteiger charge is -2.23. The van der Waals surface area contributed by atoms with Gasteiger partial charge in [-0.2, -0.15) is 0 Å². The minimum atomic E-state index is 0.0633. The lowest BCUT2D eigenvalue weighted by Crippen LogP contribution is -2.14. The van der Waals surface area contributed by atoms with Crippen molar-refractivity contribution in [3.63, 3.8) is 0 Å². The first-order chi connectivity index (χ1) is 8.45. The van der Waals surface area contributed by atoms with Crippen LogP contribution in [0.25, 0.3) is 10.4 Å². The first kappa shape index (κ1) is 14.4. The van der Waals surface area contributed by atoms with Crippen LogP contribution < -0.4 is 4.74 Å². The van der Waals surface area contributed by atoms with Crippen molar-refractivity contribution in [3.05, 3.63) is 39.8 Å². The molecule has 0 atom stereocenters. The predicted molar refractivity (Wildman–Crippen MR) is 74.0 cm³/mol. The molecule has 0 saturated heterocycles. The molecule has 0 aliphatic rings. The van der Waals surface area contributed by atoms with Gasteiger partial charge in [-0.15, -0.1) is 0 Å². The van der Waals surface area contributed by atoms with Crippen LogP contribution in [0.1, 0.15) is 38.3 Å². The van der Waals surface area contributed by atoms with E-state index in [1.54, 1.807) is 0 Å². The SMILES string of the molecule is Cc1ccc(C(C)(C)C)c(OCCCN=[N+]=[N-])c1. The van der Waals surface area contributed by atoms with E-state index in [2.05, 4.69) is 55.9 Å². The van der Waals surface area contributed by atoms with Crippen LogP contribution in [0.2, 0.25) is 0 Å². The van der Waals surface area contributed by atoms with Gasteiger partial charge in [0.1, 0.15) is 5.75 Å². The summed E-state index contributed by atoms with van der Waals surface area (Å²) in [6.45, 7) is 9.62. The Hall–Kier alpha value is -1.67. The number of aryl methyl sites for hydroxylation is 1. The zero-order valence-electron chi connectivity index (χ0n) is 11.6. The summed E-state index contributed by atoms with van der Waals surface area (Å²) in [6, 6.07) is 6.29. The van der Waals surface area contributed by atoms with Gasteiger partial charge in [0.2, 0.25) is 0 Å². The Labute approximate surface area is 109 Å². The van der Waals surface area contributed by atoms with Crippen LogP contribution in [0.5, 0.6) is 5.75 Å². The number of azide groups is 1. The molecule has 18 heavy (non-hydrogen) atoms. The summed E-state index contributed by atoms with van der Waals surface area (Å²) in [6.07, 6.45) is 0.738. The van der Waals surface area contributed by atoms with Crippen LogP contribution in [-0.2, 0) is 5.41 Å². The standard InChI is InChI=1S/C14H21N3O/c1-11-6-7-12(14(2,3)4)13(10-11)18-9-5-8-16-17-15/h6-7,10H,5,8-9H2,1-4H3. The zero-order valence-corrected chi connectivity index (χ0v) is 11.6. The number of ether oxygens (including phenoxy) is 1. The van der Waals surface area contributed by atoms with Crippen molar-refractivity contribution in [2.24, 2.45) is 5.11 Å². The molecule has 0 aliphatic heterocycles. The topological polar surface area (TPSA) is 58.0 Å². The molecule has 0 aliphatic carbocycles. The minimum Gasteiger partial charge on any atom is -0.493 e. The lowest BCUT2D eigenvalue weighted by atomic mass is 9.86. The van der Waals surface area contributed by atoms with Crippen molar-refractivity contribution < 1.29 is 4.74 Å². The van der Waals surface area contributed by atoms with Crippen molar-refractivity contribution >= 4 is 0 Å². The third kappa shape index (κ3) is 4.30. The highest BCUT2D eigenvalue weighted by molar-refractivity contribution is 5.41. The predicted octanol–water partition coefficient (Wildman–Crippen LogP) is 4.37. The normalized spacial score (nSPS) is 10.9. The smallest absolute Gasteiger partial charge is 0.123 e. The van der Waals surface area contributed by atoms with Crippen molar-refractivity contribution in [1.29, 1.82) is 0 Å². The van der Waals surface area contributed by atoms with E-state index in [9.17, 15) is 0 Å². The van der Waals surface area contributed by atoms with Gasteiger partial charge in [0, 0.05) is 11.5 Å². The molecular weight excluding hydrogens is 226 g/mol. The van der Waals surface area contributed by atoms with Crippen LogP contribution in [0.15, 0.2) is 23.3 Å². The Bertz CT molecular complexity index is 443. The monoisotopic (exact) mass is 247 g/mol. The fourth-order valence-electron chi connectivity index (χ4n) is 1.73. The van der Waals surface area contributed by atoms with Crippen LogP contribution >= 0.6 is 0 Å².